The molecular formula is C11H19BrN2S. The predicted molar refractivity (Wildman–Crippen MR) is 70.7 cm³/mol. The molecule has 1 heterocycles. The van der Waals surface area contributed by atoms with Crippen molar-refractivity contribution in [1.82, 2.24) is 9.88 Å². The van der Waals surface area contributed by atoms with Crippen molar-refractivity contribution in [2.24, 2.45) is 0 Å². The molecule has 0 aliphatic carbocycles. The second-order valence-corrected chi connectivity index (χ2v) is 5.36. The van der Waals surface area contributed by atoms with Crippen molar-refractivity contribution in [2.75, 3.05) is 11.9 Å². The Balaban J connectivity index is 2.56. The molecule has 0 bridgehead atoms. The van der Waals surface area contributed by atoms with Crippen LogP contribution >= 0.6 is 27.3 Å². The van der Waals surface area contributed by atoms with Gasteiger partial charge < -0.3 is 0 Å². The fourth-order valence-corrected chi connectivity index (χ4v) is 2.90. The maximum atomic E-state index is 4.13. The van der Waals surface area contributed by atoms with Crippen molar-refractivity contribution >= 4 is 27.3 Å². The SMILES string of the molecule is CCC(CC)N(CCBr)Cc1cncs1. The Hall–Kier alpha value is 0.0700. The molecule has 1 aromatic heterocycles. The summed E-state index contributed by atoms with van der Waals surface area (Å²) in [7, 11) is 0. The van der Waals surface area contributed by atoms with Gasteiger partial charge in [-0.25, -0.2) is 0 Å². The summed E-state index contributed by atoms with van der Waals surface area (Å²) in [4.78, 5) is 8.03. The molecule has 0 fully saturated rings. The highest BCUT2D eigenvalue weighted by atomic mass is 79.9. The zero-order valence-electron chi connectivity index (χ0n) is 9.45. The van der Waals surface area contributed by atoms with Crippen molar-refractivity contribution < 1.29 is 0 Å². The molecule has 0 saturated carbocycles. The monoisotopic (exact) mass is 290 g/mol. The molecule has 0 aromatic carbocycles. The highest BCUT2D eigenvalue weighted by Gasteiger charge is 2.15. The number of alkyl halides is 1. The number of thiazole rings is 1. The molecular weight excluding hydrogens is 272 g/mol. The molecule has 0 radical (unpaired) electrons. The molecule has 0 spiro atoms. The van der Waals surface area contributed by atoms with Gasteiger partial charge in [0.15, 0.2) is 0 Å². The Labute approximate surface area is 105 Å². The number of rotatable bonds is 7. The van der Waals surface area contributed by atoms with E-state index in [-0.39, 0.29) is 0 Å². The molecule has 4 heteroatoms. The number of halogens is 1. The zero-order valence-corrected chi connectivity index (χ0v) is 11.9. The second kappa shape index (κ2) is 7.36. The standard InChI is InChI=1S/C11H19BrN2S/c1-3-10(4-2)14(6-5-12)8-11-7-13-9-15-11/h7,9-10H,3-6,8H2,1-2H3. The fourth-order valence-electron chi connectivity index (χ4n) is 1.82. The molecule has 86 valence electrons. The molecule has 0 unspecified atom stereocenters. The van der Waals surface area contributed by atoms with Crippen LogP contribution in [0, 0.1) is 0 Å². The van der Waals surface area contributed by atoms with Gasteiger partial charge in [0, 0.05) is 35.5 Å². The van der Waals surface area contributed by atoms with E-state index in [1.807, 2.05) is 11.7 Å². The topological polar surface area (TPSA) is 16.1 Å². The summed E-state index contributed by atoms with van der Waals surface area (Å²) < 4.78 is 0. The van der Waals surface area contributed by atoms with E-state index in [9.17, 15) is 0 Å². The van der Waals surface area contributed by atoms with Crippen LogP contribution in [0.1, 0.15) is 31.6 Å². The first-order chi connectivity index (χ1) is 7.31. The average molecular weight is 291 g/mol. The van der Waals surface area contributed by atoms with Crippen molar-refractivity contribution in [3.63, 3.8) is 0 Å². The number of nitrogens with zero attached hydrogens (tertiary/aromatic N) is 2. The van der Waals surface area contributed by atoms with Gasteiger partial charge in [0.05, 0.1) is 5.51 Å². The van der Waals surface area contributed by atoms with Gasteiger partial charge in [-0.3, -0.25) is 9.88 Å². The predicted octanol–water partition coefficient (Wildman–Crippen LogP) is 3.53. The Morgan fingerprint density at radius 2 is 2.20 bits per heavy atom. The summed E-state index contributed by atoms with van der Waals surface area (Å²) in [6.07, 6.45) is 4.43. The van der Waals surface area contributed by atoms with Gasteiger partial charge in [0.25, 0.3) is 0 Å². The van der Waals surface area contributed by atoms with E-state index in [2.05, 4.69) is 39.7 Å². The quantitative estimate of drug-likeness (QED) is 0.714. The lowest BCUT2D eigenvalue weighted by molar-refractivity contribution is 0.190. The lowest BCUT2D eigenvalue weighted by atomic mass is 10.1. The van der Waals surface area contributed by atoms with E-state index in [0.29, 0.717) is 6.04 Å². The highest BCUT2D eigenvalue weighted by Crippen LogP contribution is 2.15. The van der Waals surface area contributed by atoms with Crippen LogP contribution < -0.4 is 0 Å². The van der Waals surface area contributed by atoms with Crippen LogP contribution in [0.4, 0.5) is 0 Å². The minimum Gasteiger partial charge on any atom is -0.294 e. The van der Waals surface area contributed by atoms with Crippen molar-refractivity contribution in [2.45, 2.75) is 39.3 Å². The van der Waals surface area contributed by atoms with E-state index in [0.717, 1.165) is 18.4 Å². The lowest BCUT2D eigenvalue weighted by Crippen LogP contribution is -2.35. The first-order valence-electron chi connectivity index (χ1n) is 5.49. The van der Waals surface area contributed by atoms with Crippen LogP contribution in [0.25, 0.3) is 0 Å². The first kappa shape index (κ1) is 13.1. The molecule has 0 atom stereocenters. The lowest BCUT2D eigenvalue weighted by Gasteiger charge is -2.29. The minimum absolute atomic E-state index is 0.699. The van der Waals surface area contributed by atoms with E-state index < -0.39 is 0 Å². The summed E-state index contributed by atoms with van der Waals surface area (Å²) in [6.45, 7) is 6.69. The van der Waals surface area contributed by atoms with Gasteiger partial charge in [-0.2, -0.15) is 0 Å². The van der Waals surface area contributed by atoms with Crippen molar-refractivity contribution in [3.8, 4) is 0 Å². The smallest absolute Gasteiger partial charge is 0.0794 e. The second-order valence-electron chi connectivity index (χ2n) is 3.60. The van der Waals surface area contributed by atoms with Gasteiger partial charge in [0.2, 0.25) is 0 Å². The zero-order chi connectivity index (χ0) is 11.1. The number of hydrogen-bond acceptors (Lipinski definition) is 3. The fraction of sp³-hybridized carbons (Fsp3) is 0.727. The summed E-state index contributed by atoms with van der Waals surface area (Å²) in [5, 5.41) is 1.04. The molecule has 1 rings (SSSR count). The van der Waals surface area contributed by atoms with Gasteiger partial charge in [-0.05, 0) is 12.8 Å². The molecule has 15 heavy (non-hydrogen) atoms. The van der Waals surface area contributed by atoms with Gasteiger partial charge in [-0.1, -0.05) is 29.8 Å². The van der Waals surface area contributed by atoms with Crippen molar-refractivity contribution in [3.05, 3.63) is 16.6 Å². The average Bonchev–Trinajstić information content (AvgIpc) is 2.72. The van der Waals surface area contributed by atoms with Crippen LogP contribution in [0.3, 0.4) is 0 Å². The van der Waals surface area contributed by atoms with E-state index in [1.54, 1.807) is 11.3 Å². The maximum absolute atomic E-state index is 4.13. The molecule has 0 aliphatic heterocycles. The molecule has 1 aromatic rings. The van der Waals surface area contributed by atoms with Gasteiger partial charge in [0.1, 0.15) is 0 Å². The number of aromatic nitrogens is 1. The summed E-state index contributed by atoms with van der Waals surface area (Å²) in [5.41, 5.74) is 1.91. The summed E-state index contributed by atoms with van der Waals surface area (Å²) in [5.74, 6) is 0. The van der Waals surface area contributed by atoms with Gasteiger partial charge in [-0.15, -0.1) is 11.3 Å². The Morgan fingerprint density at radius 1 is 1.47 bits per heavy atom. The molecule has 0 aliphatic rings. The Bertz CT molecular complexity index is 247. The largest absolute Gasteiger partial charge is 0.294 e. The number of hydrogen-bond donors (Lipinski definition) is 0. The van der Waals surface area contributed by atoms with Gasteiger partial charge >= 0.3 is 0 Å². The highest BCUT2D eigenvalue weighted by molar-refractivity contribution is 9.09. The third kappa shape index (κ3) is 4.21. The maximum Gasteiger partial charge on any atom is 0.0794 e. The molecule has 2 nitrogen and oxygen atoms in total. The first-order valence-corrected chi connectivity index (χ1v) is 7.49. The van der Waals surface area contributed by atoms with Crippen LogP contribution in [-0.2, 0) is 6.54 Å². The Kier molecular flexibility index (Phi) is 6.45. The van der Waals surface area contributed by atoms with Crippen LogP contribution in [0.15, 0.2) is 11.7 Å². The normalized spacial score (nSPS) is 11.5. The third-order valence-corrected chi connectivity index (χ3v) is 3.79. The summed E-state index contributed by atoms with van der Waals surface area (Å²) >= 11 is 5.27. The van der Waals surface area contributed by atoms with E-state index in [1.165, 1.54) is 17.7 Å². The van der Waals surface area contributed by atoms with E-state index in [4.69, 9.17) is 0 Å². The molecule has 0 saturated heterocycles. The Morgan fingerprint density at radius 3 is 2.67 bits per heavy atom. The summed E-state index contributed by atoms with van der Waals surface area (Å²) in [6, 6.07) is 0.699. The molecule has 0 N–H and O–H groups in total. The van der Waals surface area contributed by atoms with E-state index >= 15 is 0 Å². The minimum atomic E-state index is 0.699. The third-order valence-electron chi connectivity index (χ3n) is 2.67. The van der Waals surface area contributed by atoms with Crippen molar-refractivity contribution in [1.29, 1.82) is 0 Å². The van der Waals surface area contributed by atoms with Crippen LogP contribution in [-0.4, -0.2) is 27.8 Å². The molecule has 0 amide bonds. The van der Waals surface area contributed by atoms with Crippen LogP contribution in [0.2, 0.25) is 0 Å². The van der Waals surface area contributed by atoms with Crippen LogP contribution in [0.5, 0.6) is 0 Å².